The van der Waals surface area contributed by atoms with Gasteiger partial charge in [-0.05, 0) is 13.0 Å². The lowest BCUT2D eigenvalue weighted by Crippen LogP contribution is -2.25. The minimum absolute atomic E-state index is 0.308. The van der Waals surface area contributed by atoms with Gasteiger partial charge in [0.05, 0.1) is 12.8 Å². The second-order valence-electron chi connectivity index (χ2n) is 3.36. The van der Waals surface area contributed by atoms with Crippen LogP contribution in [-0.4, -0.2) is 18.1 Å². The van der Waals surface area contributed by atoms with Crippen LogP contribution < -0.4 is 10.1 Å². The van der Waals surface area contributed by atoms with Gasteiger partial charge in [-0.2, -0.15) is 0 Å². The highest BCUT2D eigenvalue weighted by Crippen LogP contribution is 2.06. The Kier molecular flexibility index (Phi) is 4.65. The van der Waals surface area contributed by atoms with Gasteiger partial charge in [-0.25, -0.2) is 4.98 Å². The predicted molar refractivity (Wildman–Crippen MR) is 60.5 cm³/mol. The molecule has 1 atom stereocenters. The van der Waals surface area contributed by atoms with E-state index in [9.17, 15) is 0 Å². The molecule has 0 aliphatic heterocycles. The number of rotatable bonds is 5. The highest BCUT2D eigenvalue weighted by molar-refractivity contribution is 5.15. The SMILES string of the molecule is C#CCC(C)NCc1cccc(OC)n1. The number of methoxy groups -OCH3 is 1. The fraction of sp³-hybridized carbons (Fsp3) is 0.417. The average Bonchev–Trinajstić information content (AvgIpc) is 2.27. The number of hydrogen-bond donors (Lipinski definition) is 1. The molecule has 0 aromatic carbocycles. The predicted octanol–water partition coefficient (Wildman–Crippen LogP) is 1.59. The van der Waals surface area contributed by atoms with E-state index in [0.29, 0.717) is 18.5 Å². The molecule has 0 saturated heterocycles. The highest BCUT2D eigenvalue weighted by Gasteiger charge is 2.01. The summed E-state index contributed by atoms with van der Waals surface area (Å²) in [6, 6.07) is 6.02. The molecule has 0 fully saturated rings. The average molecular weight is 204 g/mol. The van der Waals surface area contributed by atoms with Crippen LogP contribution in [0.25, 0.3) is 0 Å². The number of aromatic nitrogens is 1. The zero-order valence-corrected chi connectivity index (χ0v) is 9.16. The molecular weight excluding hydrogens is 188 g/mol. The highest BCUT2D eigenvalue weighted by atomic mass is 16.5. The van der Waals surface area contributed by atoms with Crippen LogP contribution in [0.2, 0.25) is 0 Å². The second-order valence-corrected chi connectivity index (χ2v) is 3.36. The minimum atomic E-state index is 0.308. The van der Waals surface area contributed by atoms with E-state index >= 15 is 0 Å². The number of pyridine rings is 1. The fourth-order valence-electron chi connectivity index (χ4n) is 1.20. The molecule has 1 aromatic heterocycles. The van der Waals surface area contributed by atoms with Gasteiger partial charge in [-0.15, -0.1) is 12.3 Å². The topological polar surface area (TPSA) is 34.1 Å². The summed E-state index contributed by atoms with van der Waals surface area (Å²) < 4.78 is 5.04. The van der Waals surface area contributed by atoms with E-state index in [1.54, 1.807) is 7.11 Å². The molecule has 0 aliphatic carbocycles. The summed E-state index contributed by atoms with van der Waals surface area (Å²) in [4.78, 5) is 4.29. The van der Waals surface area contributed by atoms with Gasteiger partial charge in [0, 0.05) is 25.1 Å². The molecule has 0 amide bonds. The Morgan fingerprint density at radius 2 is 2.40 bits per heavy atom. The van der Waals surface area contributed by atoms with Crippen LogP contribution in [0.5, 0.6) is 5.88 Å². The minimum Gasteiger partial charge on any atom is -0.481 e. The third-order valence-corrected chi connectivity index (χ3v) is 2.05. The maximum Gasteiger partial charge on any atom is 0.213 e. The molecule has 1 heterocycles. The molecule has 1 N–H and O–H groups in total. The molecular formula is C12H16N2O. The number of ether oxygens (including phenoxy) is 1. The molecule has 3 heteroatoms. The summed E-state index contributed by atoms with van der Waals surface area (Å²) >= 11 is 0. The van der Waals surface area contributed by atoms with Gasteiger partial charge in [0.15, 0.2) is 0 Å². The van der Waals surface area contributed by atoms with Crippen molar-refractivity contribution in [3.63, 3.8) is 0 Å². The van der Waals surface area contributed by atoms with Crippen LogP contribution in [-0.2, 0) is 6.54 Å². The van der Waals surface area contributed by atoms with Crippen LogP contribution in [0.4, 0.5) is 0 Å². The lowest BCUT2D eigenvalue weighted by molar-refractivity contribution is 0.395. The van der Waals surface area contributed by atoms with Crippen LogP contribution in [0, 0.1) is 12.3 Å². The maximum atomic E-state index is 5.22. The van der Waals surface area contributed by atoms with E-state index < -0.39 is 0 Å². The molecule has 15 heavy (non-hydrogen) atoms. The molecule has 0 spiro atoms. The van der Waals surface area contributed by atoms with E-state index in [4.69, 9.17) is 11.2 Å². The summed E-state index contributed by atoms with van der Waals surface area (Å²) in [6.07, 6.45) is 5.94. The van der Waals surface area contributed by atoms with Gasteiger partial charge < -0.3 is 10.1 Å². The maximum absolute atomic E-state index is 5.22. The van der Waals surface area contributed by atoms with E-state index in [2.05, 4.69) is 23.1 Å². The van der Waals surface area contributed by atoms with Crippen molar-refractivity contribution >= 4 is 0 Å². The third-order valence-electron chi connectivity index (χ3n) is 2.05. The van der Waals surface area contributed by atoms with Gasteiger partial charge in [0.1, 0.15) is 0 Å². The Bertz CT molecular complexity index is 344. The summed E-state index contributed by atoms with van der Waals surface area (Å²) in [5, 5.41) is 3.29. The number of nitrogens with zero attached hydrogens (tertiary/aromatic N) is 1. The van der Waals surface area contributed by atoms with Crippen LogP contribution >= 0.6 is 0 Å². The lowest BCUT2D eigenvalue weighted by atomic mass is 10.2. The number of terminal acetylenes is 1. The van der Waals surface area contributed by atoms with Crippen LogP contribution in [0.15, 0.2) is 18.2 Å². The first-order valence-corrected chi connectivity index (χ1v) is 4.93. The van der Waals surface area contributed by atoms with Crippen molar-refractivity contribution in [3.8, 4) is 18.2 Å². The molecule has 1 rings (SSSR count). The fourth-order valence-corrected chi connectivity index (χ4v) is 1.20. The van der Waals surface area contributed by atoms with Gasteiger partial charge >= 0.3 is 0 Å². The van der Waals surface area contributed by atoms with Crippen molar-refractivity contribution in [2.45, 2.75) is 25.9 Å². The van der Waals surface area contributed by atoms with Gasteiger partial charge in [-0.1, -0.05) is 6.07 Å². The van der Waals surface area contributed by atoms with Gasteiger partial charge in [-0.3, -0.25) is 0 Å². The number of hydrogen-bond acceptors (Lipinski definition) is 3. The zero-order chi connectivity index (χ0) is 11.1. The summed E-state index contributed by atoms with van der Waals surface area (Å²) in [5.74, 6) is 3.26. The number of nitrogens with one attached hydrogen (secondary N) is 1. The van der Waals surface area contributed by atoms with E-state index in [-0.39, 0.29) is 0 Å². The Morgan fingerprint density at radius 3 is 3.07 bits per heavy atom. The molecule has 1 unspecified atom stereocenters. The van der Waals surface area contributed by atoms with Crippen molar-refractivity contribution in [3.05, 3.63) is 23.9 Å². The van der Waals surface area contributed by atoms with Crippen molar-refractivity contribution in [2.24, 2.45) is 0 Å². The van der Waals surface area contributed by atoms with Crippen LogP contribution in [0.3, 0.4) is 0 Å². The first kappa shape index (κ1) is 11.5. The van der Waals surface area contributed by atoms with Crippen molar-refractivity contribution < 1.29 is 4.74 Å². The van der Waals surface area contributed by atoms with E-state index in [1.807, 2.05) is 18.2 Å². The van der Waals surface area contributed by atoms with Gasteiger partial charge in [0.25, 0.3) is 0 Å². The van der Waals surface area contributed by atoms with E-state index in [0.717, 1.165) is 12.1 Å². The molecule has 0 radical (unpaired) electrons. The molecule has 1 aromatic rings. The van der Waals surface area contributed by atoms with Crippen molar-refractivity contribution in [2.75, 3.05) is 7.11 Å². The Hall–Kier alpha value is -1.53. The molecule has 0 aliphatic rings. The quantitative estimate of drug-likeness (QED) is 0.740. The molecule has 3 nitrogen and oxygen atoms in total. The summed E-state index contributed by atoms with van der Waals surface area (Å²) in [5.41, 5.74) is 0.957. The normalized spacial score (nSPS) is 11.8. The first-order valence-electron chi connectivity index (χ1n) is 4.93. The largest absolute Gasteiger partial charge is 0.481 e. The molecule has 0 bridgehead atoms. The Balaban J connectivity index is 2.47. The zero-order valence-electron chi connectivity index (χ0n) is 9.16. The third kappa shape index (κ3) is 4.01. The first-order chi connectivity index (χ1) is 7.26. The van der Waals surface area contributed by atoms with E-state index in [1.165, 1.54) is 0 Å². The second kappa shape index (κ2) is 6.05. The smallest absolute Gasteiger partial charge is 0.213 e. The Labute approximate surface area is 90.9 Å². The standard InChI is InChI=1S/C12H16N2O/c1-4-6-10(2)13-9-11-7-5-8-12(14-11)15-3/h1,5,7-8,10,13H,6,9H2,2-3H3. The molecule has 0 saturated carbocycles. The van der Waals surface area contributed by atoms with Gasteiger partial charge in [0.2, 0.25) is 5.88 Å². The lowest BCUT2D eigenvalue weighted by Gasteiger charge is -2.10. The van der Waals surface area contributed by atoms with Crippen molar-refractivity contribution in [1.29, 1.82) is 0 Å². The summed E-state index contributed by atoms with van der Waals surface area (Å²) in [6.45, 7) is 2.76. The summed E-state index contributed by atoms with van der Waals surface area (Å²) in [7, 11) is 1.61. The molecule has 80 valence electrons. The van der Waals surface area contributed by atoms with Crippen molar-refractivity contribution in [1.82, 2.24) is 10.3 Å². The van der Waals surface area contributed by atoms with Crippen LogP contribution in [0.1, 0.15) is 19.0 Å². The Morgan fingerprint density at radius 1 is 1.60 bits per heavy atom. The monoisotopic (exact) mass is 204 g/mol.